The van der Waals surface area contributed by atoms with Gasteiger partial charge in [-0.15, -0.1) is 13.2 Å². The molecule has 1 unspecified atom stereocenters. The fourth-order valence-electron chi connectivity index (χ4n) is 2.01. The molecule has 6 heteroatoms. The van der Waals surface area contributed by atoms with Gasteiger partial charge in [-0.2, -0.15) is 0 Å². The summed E-state index contributed by atoms with van der Waals surface area (Å²) in [5, 5.41) is 13.0. The highest BCUT2D eigenvalue weighted by Crippen LogP contribution is 2.31. The first-order valence-electron chi connectivity index (χ1n) is 8.46. The number of aliphatic hydroxyl groups excluding tert-OH is 1. The maximum atomic E-state index is 12.0. The molecule has 0 heterocycles. The van der Waals surface area contributed by atoms with Crippen LogP contribution in [0.4, 0.5) is 0 Å². The molecule has 0 aliphatic heterocycles. The van der Waals surface area contributed by atoms with Crippen molar-refractivity contribution in [1.82, 2.24) is 5.32 Å². The molecule has 0 fully saturated rings. The Hall–Kier alpha value is -2.96. The molecule has 0 aromatic heterocycles. The number of aliphatic hydroxyl groups is 1. The number of nitrogens with one attached hydrogen (secondary N) is 1. The van der Waals surface area contributed by atoms with E-state index in [1.165, 1.54) is 24.3 Å². The monoisotopic (exact) mass is 371 g/mol. The second kappa shape index (κ2) is 12.4. The zero-order valence-corrected chi connectivity index (χ0v) is 15.4. The molecule has 2 N–H and O–H groups in total. The standard InChI is InChI=1S/C21H25NO5/c1-4-6-8-10-20(24)26-18-13-12-16(17(23)15-22-3)14-19(18)27-21(25)11-9-7-5-2/h4-5,8-14,17,22-23H,1-2,6-7,15H2,3H3/b10-8+,11-9+. The summed E-state index contributed by atoms with van der Waals surface area (Å²) in [7, 11) is 1.71. The van der Waals surface area contributed by atoms with E-state index in [1.807, 2.05) is 0 Å². The molecule has 0 bridgehead atoms. The van der Waals surface area contributed by atoms with Crippen molar-refractivity contribution in [3.05, 3.63) is 73.4 Å². The van der Waals surface area contributed by atoms with Gasteiger partial charge in [-0.3, -0.25) is 0 Å². The first kappa shape index (κ1) is 22.1. The van der Waals surface area contributed by atoms with Crippen LogP contribution in [0.2, 0.25) is 0 Å². The quantitative estimate of drug-likeness (QED) is 0.269. The van der Waals surface area contributed by atoms with E-state index in [4.69, 9.17) is 9.47 Å². The molecule has 1 atom stereocenters. The Labute approximate surface area is 159 Å². The van der Waals surface area contributed by atoms with Crippen molar-refractivity contribution in [2.75, 3.05) is 13.6 Å². The van der Waals surface area contributed by atoms with E-state index in [0.717, 1.165) is 0 Å². The van der Waals surface area contributed by atoms with Crippen LogP contribution in [0.1, 0.15) is 24.5 Å². The summed E-state index contributed by atoms with van der Waals surface area (Å²) < 4.78 is 10.5. The molecule has 6 nitrogen and oxygen atoms in total. The third-order valence-electron chi connectivity index (χ3n) is 3.28. The smallest absolute Gasteiger partial charge is 0.335 e. The van der Waals surface area contributed by atoms with E-state index < -0.39 is 18.0 Å². The van der Waals surface area contributed by atoms with Crippen LogP contribution in [0.5, 0.6) is 11.5 Å². The molecule has 0 saturated carbocycles. The lowest BCUT2D eigenvalue weighted by Crippen LogP contribution is -2.17. The highest BCUT2D eigenvalue weighted by Gasteiger charge is 2.15. The van der Waals surface area contributed by atoms with E-state index in [2.05, 4.69) is 18.5 Å². The maximum Gasteiger partial charge on any atom is 0.335 e. The van der Waals surface area contributed by atoms with Gasteiger partial charge in [-0.05, 0) is 37.6 Å². The van der Waals surface area contributed by atoms with Gasteiger partial charge < -0.3 is 19.9 Å². The number of allylic oxidation sites excluding steroid dienone is 4. The van der Waals surface area contributed by atoms with E-state index in [9.17, 15) is 14.7 Å². The predicted octanol–water partition coefficient (Wildman–Crippen LogP) is 3.01. The van der Waals surface area contributed by atoms with Crippen molar-refractivity contribution in [2.24, 2.45) is 0 Å². The van der Waals surface area contributed by atoms with Crippen LogP contribution in [-0.2, 0) is 9.59 Å². The van der Waals surface area contributed by atoms with Crippen LogP contribution in [0.25, 0.3) is 0 Å². The van der Waals surface area contributed by atoms with Crippen molar-refractivity contribution in [1.29, 1.82) is 0 Å². The van der Waals surface area contributed by atoms with Crippen molar-refractivity contribution in [3.63, 3.8) is 0 Å². The topological polar surface area (TPSA) is 84.9 Å². The van der Waals surface area contributed by atoms with Gasteiger partial charge in [0.15, 0.2) is 11.5 Å². The van der Waals surface area contributed by atoms with Gasteiger partial charge in [0.05, 0.1) is 6.10 Å². The molecule has 1 rings (SSSR count). The Kier molecular flexibility index (Phi) is 10.1. The van der Waals surface area contributed by atoms with Crippen LogP contribution >= 0.6 is 0 Å². The first-order valence-corrected chi connectivity index (χ1v) is 8.46. The third kappa shape index (κ3) is 8.31. The summed E-state index contributed by atoms with van der Waals surface area (Å²) in [6.07, 6.45) is 9.25. The largest absolute Gasteiger partial charge is 0.419 e. The summed E-state index contributed by atoms with van der Waals surface area (Å²) in [6, 6.07) is 4.55. The number of likely N-dealkylation sites (N-methyl/N-ethyl adjacent to an activating group) is 1. The SMILES string of the molecule is C=CC/C=C/C(=O)Oc1ccc(C(O)CNC)cc1OC(=O)/C=C/CC=C. The molecule has 0 radical (unpaired) electrons. The number of carbonyl (C=O) groups excluding carboxylic acids is 2. The Morgan fingerprint density at radius 2 is 1.63 bits per heavy atom. The van der Waals surface area contributed by atoms with Crippen molar-refractivity contribution < 1.29 is 24.2 Å². The van der Waals surface area contributed by atoms with E-state index in [1.54, 1.807) is 37.4 Å². The van der Waals surface area contributed by atoms with Crippen molar-refractivity contribution in [2.45, 2.75) is 18.9 Å². The average molecular weight is 371 g/mol. The van der Waals surface area contributed by atoms with Gasteiger partial charge in [0.1, 0.15) is 0 Å². The lowest BCUT2D eigenvalue weighted by Gasteiger charge is -2.14. The Balaban J connectivity index is 3.05. The van der Waals surface area contributed by atoms with Crippen LogP contribution in [0.15, 0.2) is 67.8 Å². The molecule has 1 aromatic carbocycles. The number of ether oxygens (including phenoxy) is 2. The fourth-order valence-corrected chi connectivity index (χ4v) is 2.01. The Morgan fingerprint density at radius 3 is 2.15 bits per heavy atom. The highest BCUT2D eigenvalue weighted by molar-refractivity contribution is 5.86. The minimum Gasteiger partial charge on any atom is -0.419 e. The lowest BCUT2D eigenvalue weighted by molar-refractivity contribution is -0.131. The van der Waals surface area contributed by atoms with Crippen LogP contribution in [0, 0.1) is 0 Å². The van der Waals surface area contributed by atoms with Gasteiger partial charge in [-0.25, -0.2) is 9.59 Å². The summed E-state index contributed by atoms with van der Waals surface area (Å²) in [4.78, 5) is 23.8. The molecular formula is C21H25NO5. The second-order valence-electron chi connectivity index (χ2n) is 5.48. The summed E-state index contributed by atoms with van der Waals surface area (Å²) >= 11 is 0. The maximum absolute atomic E-state index is 12.0. The van der Waals surface area contributed by atoms with E-state index >= 15 is 0 Å². The van der Waals surface area contributed by atoms with Crippen LogP contribution in [-0.4, -0.2) is 30.6 Å². The molecule has 0 aliphatic rings. The average Bonchev–Trinajstić information content (AvgIpc) is 2.63. The number of hydrogen-bond donors (Lipinski definition) is 2. The molecule has 27 heavy (non-hydrogen) atoms. The third-order valence-corrected chi connectivity index (χ3v) is 3.28. The normalized spacial score (nSPS) is 12.1. The van der Waals surface area contributed by atoms with Gasteiger partial charge in [0.25, 0.3) is 0 Å². The minimum absolute atomic E-state index is 0.0429. The minimum atomic E-state index is -0.805. The molecule has 0 aliphatic carbocycles. The Bertz CT molecular complexity index is 721. The number of carbonyl (C=O) groups is 2. The molecule has 0 spiro atoms. The first-order chi connectivity index (χ1) is 13.0. The fraction of sp³-hybridized carbons (Fsp3) is 0.238. The Morgan fingerprint density at radius 1 is 1.07 bits per heavy atom. The lowest BCUT2D eigenvalue weighted by atomic mass is 10.1. The zero-order chi connectivity index (χ0) is 20.1. The zero-order valence-electron chi connectivity index (χ0n) is 15.4. The predicted molar refractivity (Wildman–Crippen MR) is 105 cm³/mol. The molecule has 0 amide bonds. The highest BCUT2D eigenvalue weighted by atomic mass is 16.6. The van der Waals surface area contributed by atoms with Gasteiger partial charge in [-0.1, -0.05) is 30.4 Å². The molecule has 0 saturated heterocycles. The summed E-state index contributed by atoms with van der Waals surface area (Å²) in [5.74, 6) is -1.12. The number of rotatable bonds is 11. The molecule has 144 valence electrons. The van der Waals surface area contributed by atoms with Crippen molar-refractivity contribution >= 4 is 11.9 Å². The van der Waals surface area contributed by atoms with Gasteiger partial charge >= 0.3 is 11.9 Å². The van der Waals surface area contributed by atoms with Gasteiger partial charge in [0, 0.05) is 18.7 Å². The van der Waals surface area contributed by atoms with E-state index in [-0.39, 0.29) is 11.5 Å². The van der Waals surface area contributed by atoms with Crippen LogP contribution < -0.4 is 14.8 Å². The summed E-state index contributed by atoms with van der Waals surface area (Å²) in [6.45, 7) is 7.43. The van der Waals surface area contributed by atoms with Crippen molar-refractivity contribution in [3.8, 4) is 11.5 Å². The van der Waals surface area contributed by atoms with E-state index in [0.29, 0.717) is 24.9 Å². The number of benzene rings is 1. The number of hydrogen-bond acceptors (Lipinski definition) is 6. The molecule has 1 aromatic rings. The summed E-state index contributed by atoms with van der Waals surface area (Å²) in [5.41, 5.74) is 0.518. The number of esters is 2. The van der Waals surface area contributed by atoms with Crippen LogP contribution in [0.3, 0.4) is 0 Å². The second-order valence-corrected chi connectivity index (χ2v) is 5.48. The molecular weight excluding hydrogens is 346 g/mol. The van der Waals surface area contributed by atoms with Gasteiger partial charge in [0.2, 0.25) is 0 Å².